The van der Waals surface area contributed by atoms with Gasteiger partial charge in [0.2, 0.25) is 0 Å². The molecular weight excluding hydrogens is 188 g/mol. The van der Waals surface area contributed by atoms with Crippen LogP contribution in [0.5, 0.6) is 0 Å². The molecule has 2 rings (SSSR count). The number of hydrogen-bond donors (Lipinski definition) is 1. The maximum Gasteiger partial charge on any atom is 0.0725 e. The highest BCUT2D eigenvalue weighted by Gasteiger charge is 2.28. The maximum absolute atomic E-state index is 3.85. The summed E-state index contributed by atoms with van der Waals surface area (Å²) in [6, 6.07) is 0. The van der Waals surface area contributed by atoms with Crippen molar-refractivity contribution >= 4 is 0 Å². The van der Waals surface area contributed by atoms with Crippen molar-refractivity contribution in [3.05, 3.63) is 11.9 Å². The highest BCUT2D eigenvalue weighted by atomic mass is 15.3. The molecule has 0 radical (unpaired) electrons. The SMILES string of the molecule is CC(C)(C)N1CCC(c2cnn[nH]2)CC1. The molecular formula is C11H20N4. The molecule has 4 heteroatoms. The van der Waals surface area contributed by atoms with Gasteiger partial charge in [-0.2, -0.15) is 0 Å². The number of aromatic nitrogens is 3. The predicted molar refractivity (Wildman–Crippen MR) is 59.7 cm³/mol. The first-order valence-electron chi connectivity index (χ1n) is 5.68. The first-order valence-corrected chi connectivity index (χ1v) is 5.68. The number of nitrogens with zero attached hydrogens (tertiary/aromatic N) is 3. The third-order valence-electron chi connectivity index (χ3n) is 3.32. The van der Waals surface area contributed by atoms with E-state index < -0.39 is 0 Å². The Bertz CT molecular complexity index is 291. The van der Waals surface area contributed by atoms with Gasteiger partial charge in [-0.05, 0) is 46.7 Å². The molecule has 2 heterocycles. The fourth-order valence-electron chi connectivity index (χ4n) is 2.26. The van der Waals surface area contributed by atoms with Gasteiger partial charge in [-0.3, -0.25) is 10.00 Å². The zero-order valence-corrected chi connectivity index (χ0v) is 9.82. The lowest BCUT2D eigenvalue weighted by atomic mass is 9.91. The molecule has 4 nitrogen and oxygen atoms in total. The molecule has 0 aromatic carbocycles. The molecule has 0 atom stereocenters. The summed E-state index contributed by atoms with van der Waals surface area (Å²) in [6.07, 6.45) is 4.28. The Labute approximate surface area is 91.1 Å². The van der Waals surface area contributed by atoms with E-state index in [2.05, 4.69) is 41.1 Å². The summed E-state index contributed by atoms with van der Waals surface area (Å²) in [7, 11) is 0. The Balaban J connectivity index is 1.93. The number of likely N-dealkylation sites (tertiary alicyclic amines) is 1. The molecule has 15 heavy (non-hydrogen) atoms. The quantitative estimate of drug-likeness (QED) is 0.765. The van der Waals surface area contributed by atoms with Crippen LogP contribution in [0.3, 0.4) is 0 Å². The molecule has 0 amide bonds. The second kappa shape index (κ2) is 3.93. The van der Waals surface area contributed by atoms with Gasteiger partial charge >= 0.3 is 0 Å². The summed E-state index contributed by atoms with van der Waals surface area (Å²) < 4.78 is 0. The lowest BCUT2D eigenvalue weighted by Crippen LogP contribution is -2.45. The minimum Gasteiger partial charge on any atom is -0.298 e. The second-order valence-electron chi connectivity index (χ2n) is 5.34. The number of aromatic amines is 1. The molecule has 1 aromatic rings. The maximum atomic E-state index is 3.85. The van der Waals surface area contributed by atoms with Crippen molar-refractivity contribution in [3.63, 3.8) is 0 Å². The van der Waals surface area contributed by atoms with E-state index in [1.54, 1.807) is 0 Å². The standard InChI is InChI=1S/C11H20N4/c1-11(2,3)15-6-4-9(5-7-15)10-8-12-14-13-10/h8-9H,4-7H2,1-3H3,(H,12,13,14). The number of hydrogen-bond acceptors (Lipinski definition) is 3. The largest absolute Gasteiger partial charge is 0.298 e. The molecule has 1 aliphatic rings. The molecule has 1 aliphatic heterocycles. The van der Waals surface area contributed by atoms with Crippen LogP contribution in [0.4, 0.5) is 0 Å². The molecule has 0 aliphatic carbocycles. The van der Waals surface area contributed by atoms with Crippen LogP contribution in [0.1, 0.15) is 45.2 Å². The van der Waals surface area contributed by atoms with E-state index in [-0.39, 0.29) is 0 Å². The monoisotopic (exact) mass is 208 g/mol. The fraction of sp³-hybridized carbons (Fsp3) is 0.818. The van der Waals surface area contributed by atoms with E-state index in [1.807, 2.05) is 6.20 Å². The summed E-state index contributed by atoms with van der Waals surface area (Å²) in [5.74, 6) is 0.624. The van der Waals surface area contributed by atoms with E-state index in [0.29, 0.717) is 11.5 Å². The molecule has 1 aromatic heterocycles. The Morgan fingerprint density at radius 3 is 2.47 bits per heavy atom. The van der Waals surface area contributed by atoms with Gasteiger partial charge in [0, 0.05) is 11.5 Å². The van der Waals surface area contributed by atoms with Crippen LogP contribution in [-0.2, 0) is 0 Å². The normalized spacial score (nSPS) is 20.7. The molecule has 0 spiro atoms. The molecule has 1 saturated heterocycles. The average Bonchev–Trinajstić information content (AvgIpc) is 2.69. The zero-order valence-electron chi connectivity index (χ0n) is 9.82. The smallest absolute Gasteiger partial charge is 0.0725 e. The first kappa shape index (κ1) is 10.6. The van der Waals surface area contributed by atoms with E-state index in [4.69, 9.17) is 0 Å². The van der Waals surface area contributed by atoms with E-state index in [9.17, 15) is 0 Å². The second-order valence-corrected chi connectivity index (χ2v) is 5.34. The molecule has 0 saturated carbocycles. The third-order valence-corrected chi connectivity index (χ3v) is 3.32. The predicted octanol–water partition coefficient (Wildman–Crippen LogP) is 1.78. The molecule has 0 unspecified atom stereocenters. The van der Waals surface area contributed by atoms with Crippen LogP contribution in [-0.4, -0.2) is 38.9 Å². The first-order chi connectivity index (χ1) is 7.07. The Morgan fingerprint density at radius 1 is 1.33 bits per heavy atom. The number of rotatable bonds is 1. The van der Waals surface area contributed by atoms with Gasteiger partial charge in [-0.1, -0.05) is 5.21 Å². The van der Waals surface area contributed by atoms with Crippen molar-refractivity contribution in [3.8, 4) is 0 Å². The van der Waals surface area contributed by atoms with E-state index in [1.165, 1.54) is 31.6 Å². The number of nitrogens with one attached hydrogen (secondary N) is 1. The Hall–Kier alpha value is -0.900. The minimum absolute atomic E-state index is 0.303. The third kappa shape index (κ3) is 2.37. The van der Waals surface area contributed by atoms with Gasteiger partial charge < -0.3 is 0 Å². The fourth-order valence-corrected chi connectivity index (χ4v) is 2.26. The van der Waals surface area contributed by atoms with E-state index >= 15 is 0 Å². The summed E-state index contributed by atoms with van der Waals surface area (Å²) in [4.78, 5) is 2.55. The Kier molecular flexibility index (Phi) is 2.78. The summed E-state index contributed by atoms with van der Waals surface area (Å²) in [5, 5.41) is 10.6. The molecule has 0 bridgehead atoms. The van der Waals surface area contributed by atoms with Gasteiger partial charge in [-0.25, -0.2) is 0 Å². The van der Waals surface area contributed by atoms with Crippen molar-refractivity contribution in [1.29, 1.82) is 0 Å². The molecule has 1 fully saturated rings. The zero-order chi connectivity index (χ0) is 10.9. The topological polar surface area (TPSA) is 44.8 Å². The van der Waals surface area contributed by atoms with Crippen molar-refractivity contribution in [2.75, 3.05) is 13.1 Å². The highest BCUT2D eigenvalue weighted by molar-refractivity contribution is 5.03. The van der Waals surface area contributed by atoms with Crippen molar-refractivity contribution in [1.82, 2.24) is 20.3 Å². The molecule has 84 valence electrons. The number of H-pyrrole nitrogens is 1. The van der Waals surface area contributed by atoms with Crippen molar-refractivity contribution in [2.24, 2.45) is 0 Å². The summed E-state index contributed by atoms with van der Waals surface area (Å²) >= 11 is 0. The van der Waals surface area contributed by atoms with Gasteiger partial charge in [0.05, 0.1) is 11.9 Å². The van der Waals surface area contributed by atoms with Crippen LogP contribution in [0.15, 0.2) is 6.20 Å². The number of piperidine rings is 1. The van der Waals surface area contributed by atoms with Crippen molar-refractivity contribution in [2.45, 2.75) is 45.1 Å². The molecule has 1 N–H and O–H groups in total. The van der Waals surface area contributed by atoms with Crippen LogP contribution >= 0.6 is 0 Å². The van der Waals surface area contributed by atoms with Crippen molar-refractivity contribution < 1.29 is 0 Å². The van der Waals surface area contributed by atoms with Crippen LogP contribution in [0, 0.1) is 0 Å². The lowest BCUT2D eigenvalue weighted by molar-refractivity contribution is 0.101. The van der Waals surface area contributed by atoms with Gasteiger partial charge in [0.15, 0.2) is 0 Å². The van der Waals surface area contributed by atoms with E-state index in [0.717, 1.165) is 0 Å². The lowest BCUT2D eigenvalue weighted by Gasteiger charge is -2.40. The van der Waals surface area contributed by atoms with Crippen LogP contribution < -0.4 is 0 Å². The Morgan fingerprint density at radius 2 is 2.00 bits per heavy atom. The van der Waals surface area contributed by atoms with Gasteiger partial charge in [-0.15, -0.1) is 5.10 Å². The summed E-state index contributed by atoms with van der Waals surface area (Å²) in [6.45, 7) is 9.20. The average molecular weight is 208 g/mol. The minimum atomic E-state index is 0.303. The van der Waals surface area contributed by atoms with Crippen LogP contribution in [0.2, 0.25) is 0 Å². The van der Waals surface area contributed by atoms with Gasteiger partial charge in [0.1, 0.15) is 0 Å². The highest BCUT2D eigenvalue weighted by Crippen LogP contribution is 2.29. The summed E-state index contributed by atoms with van der Waals surface area (Å²) in [5.41, 5.74) is 1.50. The van der Waals surface area contributed by atoms with Gasteiger partial charge in [0.25, 0.3) is 0 Å². The van der Waals surface area contributed by atoms with Crippen LogP contribution in [0.25, 0.3) is 0 Å².